The Bertz CT molecular complexity index is 1280. The second-order valence-corrected chi connectivity index (χ2v) is 7.64. The maximum absolute atomic E-state index is 12.8. The van der Waals surface area contributed by atoms with E-state index in [0.29, 0.717) is 29.0 Å². The first kappa shape index (κ1) is 23.0. The van der Waals surface area contributed by atoms with Crippen LogP contribution in [0.1, 0.15) is 48.2 Å². The van der Waals surface area contributed by atoms with E-state index in [9.17, 15) is 4.79 Å². The molecule has 176 valence electrons. The minimum atomic E-state index is -0.307. The number of amides is 1. The average molecular weight is 463 g/mol. The molecule has 0 aliphatic rings. The first-order valence-electron chi connectivity index (χ1n) is 10.9. The van der Waals surface area contributed by atoms with Crippen molar-refractivity contribution in [1.82, 2.24) is 30.0 Å². The Morgan fingerprint density at radius 3 is 2.74 bits per heavy atom. The minimum Gasteiger partial charge on any atom is -0.493 e. The van der Waals surface area contributed by atoms with E-state index in [4.69, 9.17) is 14.0 Å². The first-order valence-corrected chi connectivity index (χ1v) is 10.9. The fourth-order valence-electron chi connectivity index (χ4n) is 3.43. The zero-order valence-electron chi connectivity index (χ0n) is 19.5. The molecule has 3 heterocycles. The number of benzene rings is 1. The molecule has 3 aromatic heterocycles. The number of ether oxygens (including phenoxy) is 2. The third-order valence-electron chi connectivity index (χ3n) is 5.27. The van der Waals surface area contributed by atoms with Crippen molar-refractivity contribution >= 4 is 5.91 Å². The van der Waals surface area contributed by atoms with E-state index in [1.165, 1.54) is 0 Å². The van der Waals surface area contributed by atoms with Gasteiger partial charge in [-0.1, -0.05) is 18.1 Å². The van der Waals surface area contributed by atoms with Gasteiger partial charge in [0.15, 0.2) is 17.3 Å². The van der Waals surface area contributed by atoms with Crippen molar-refractivity contribution in [2.24, 2.45) is 0 Å². The Morgan fingerprint density at radius 1 is 1.15 bits per heavy atom. The van der Waals surface area contributed by atoms with Crippen molar-refractivity contribution < 1.29 is 18.8 Å². The molecule has 4 rings (SSSR count). The number of aryl methyl sites for hydroxylation is 1. The predicted octanol–water partition coefficient (Wildman–Crippen LogP) is 3.78. The van der Waals surface area contributed by atoms with Crippen molar-refractivity contribution in [2.75, 3.05) is 14.2 Å². The molecule has 10 heteroatoms. The van der Waals surface area contributed by atoms with E-state index in [1.807, 2.05) is 19.1 Å². The summed E-state index contributed by atoms with van der Waals surface area (Å²) < 4.78 is 17.6. The zero-order valence-corrected chi connectivity index (χ0v) is 19.5. The number of nitrogens with zero attached hydrogens (tertiary/aromatic N) is 5. The van der Waals surface area contributed by atoms with Gasteiger partial charge in [0.25, 0.3) is 11.8 Å². The second kappa shape index (κ2) is 10.2. The van der Waals surface area contributed by atoms with Crippen molar-refractivity contribution in [1.29, 1.82) is 0 Å². The van der Waals surface area contributed by atoms with Gasteiger partial charge < -0.3 is 19.3 Å². The molecule has 1 amide bonds. The van der Waals surface area contributed by atoms with Gasteiger partial charge in [-0.05, 0) is 43.2 Å². The van der Waals surface area contributed by atoms with Gasteiger partial charge in [0.1, 0.15) is 17.8 Å². The lowest BCUT2D eigenvalue weighted by Gasteiger charge is -2.16. The molecule has 1 atom stereocenters. The molecule has 1 aromatic carbocycles. The Kier molecular flexibility index (Phi) is 6.86. The monoisotopic (exact) mass is 462 g/mol. The smallest absolute Gasteiger partial charge is 0.271 e. The highest BCUT2D eigenvalue weighted by Crippen LogP contribution is 2.30. The van der Waals surface area contributed by atoms with Gasteiger partial charge >= 0.3 is 0 Å². The molecule has 4 aromatic rings. The van der Waals surface area contributed by atoms with Crippen LogP contribution in [-0.4, -0.2) is 44.8 Å². The Hall–Kier alpha value is -4.21. The molecule has 10 nitrogen and oxygen atoms in total. The minimum absolute atomic E-state index is 0.266. The molecule has 0 saturated carbocycles. The summed E-state index contributed by atoms with van der Waals surface area (Å²) in [5.41, 5.74) is 1.88. The van der Waals surface area contributed by atoms with Crippen LogP contribution in [0.15, 0.2) is 53.6 Å². The molecular formula is C24H26N6O4. The van der Waals surface area contributed by atoms with Crippen LogP contribution in [0, 0.1) is 0 Å². The van der Waals surface area contributed by atoms with Gasteiger partial charge in [-0.15, -0.1) is 0 Å². The molecule has 34 heavy (non-hydrogen) atoms. The van der Waals surface area contributed by atoms with Crippen molar-refractivity contribution in [3.63, 3.8) is 0 Å². The summed E-state index contributed by atoms with van der Waals surface area (Å²) in [5, 5.41) is 6.94. The first-order chi connectivity index (χ1) is 16.5. The summed E-state index contributed by atoms with van der Waals surface area (Å²) in [6.07, 6.45) is 6.50. The number of imidazole rings is 1. The summed E-state index contributed by atoms with van der Waals surface area (Å²) in [6.45, 7) is 3.94. The Balaban J connectivity index is 1.48. The normalized spacial score (nSPS) is 11.8. The summed E-state index contributed by atoms with van der Waals surface area (Å²) in [6, 6.07) is 8.85. The lowest BCUT2D eigenvalue weighted by molar-refractivity contribution is 0.0935. The van der Waals surface area contributed by atoms with Gasteiger partial charge in [0.2, 0.25) is 0 Å². The number of methoxy groups -OCH3 is 2. The van der Waals surface area contributed by atoms with Gasteiger partial charge in [-0.25, -0.2) is 9.97 Å². The lowest BCUT2D eigenvalue weighted by Crippen LogP contribution is -2.27. The Labute approximate surface area is 197 Å². The molecule has 0 radical (unpaired) electrons. The highest BCUT2D eigenvalue weighted by molar-refractivity contribution is 5.92. The van der Waals surface area contributed by atoms with E-state index >= 15 is 0 Å². The van der Waals surface area contributed by atoms with Gasteiger partial charge in [0, 0.05) is 24.4 Å². The SMILES string of the molecule is CCCc1noc(-c2ccnc(-n3cnc(C(=O)N[C@H](C)c4ccc(OC)c(OC)c4)c3)c2)n1. The molecule has 0 spiro atoms. The molecular weight excluding hydrogens is 436 g/mol. The molecule has 1 N–H and O–H groups in total. The number of nitrogens with one attached hydrogen (secondary N) is 1. The van der Waals surface area contributed by atoms with Crippen LogP contribution in [0.3, 0.4) is 0 Å². The molecule has 0 aliphatic heterocycles. The Morgan fingerprint density at radius 2 is 1.97 bits per heavy atom. The largest absolute Gasteiger partial charge is 0.493 e. The fourth-order valence-corrected chi connectivity index (χ4v) is 3.43. The molecule has 0 bridgehead atoms. The molecule has 0 unspecified atom stereocenters. The fraction of sp³-hybridized carbons (Fsp3) is 0.292. The van der Waals surface area contributed by atoms with Crippen LogP contribution in [0.4, 0.5) is 0 Å². The quantitative estimate of drug-likeness (QED) is 0.399. The third kappa shape index (κ3) is 4.90. The van der Waals surface area contributed by atoms with Crippen LogP contribution in [0.5, 0.6) is 11.5 Å². The summed E-state index contributed by atoms with van der Waals surface area (Å²) in [7, 11) is 3.15. The van der Waals surface area contributed by atoms with E-state index in [2.05, 4.69) is 32.3 Å². The molecule has 0 fully saturated rings. The number of rotatable bonds is 9. The van der Waals surface area contributed by atoms with Crippen LogP contribution in [-0.2, 0) is 6.42 Å². The van der Waals surface area contributed by atoms with Crippen molar-refractivity contribution in [3.05, 3.63) is 66.1 Å². The van der Waals surface area contributed by atoms with E-state index in [1.54, 1.807) is 55.7 Å². The van der Waals surface area contributed by atoms with E-state index < -0.39 is 0 Å². The summed E-state index contributed by atoms with van der Waals surface area (Å²) in [5.74, 6) is 2.58. The van der Waals surface area contributed by atoms with Gasteiger partial charge in [-0.2, -0.15) is 4.98 Å². The zero-order chi connectivity index (χ0) is 24.1. The standard InChI is InChI=1S/C24H26N6O4/c1-5-6-21-28-24(34-29-21)17-9-10-25-22(12-17)30-13-18(26-14-30)23(31)27-15(2)16-7-8-19(32-3)20(11-16)33-4/h7-15H,5-6H2,1-4H3,(H,27,31)/t15-/m1/s1. The van der Waals surface area contributed by atoms with Crippen molar-refractivity contribution in [2.45, 2.75) is 32.7 Å². The van der Waals surface area contributed by atoms with Crippen LogP contribution < -0.4 is 14.8 Å². The van der Waals surface area contributed by atoms with Crippen LogP contribution in [0.2, 0.25) is 0 Å². The topological polar surface area (TPSA) is 117 Å². The highest BCUT2D eigenvalue weighted by Gasteiger charge is 2.17. The summed E-state index contributed by atoms with van der Waals surface area (Å²) >= 11 is 0. The molecule has 0 saturated heterocycles. The second-order valence-electron chi connectivity index (χ2n) is 7.64. The average Bonchev–Trinajstić information content (AvgIpc) is 3.54. The maximum Gasteiger partial charge on any atom is 0.271 e. The summed E-state index contributed by atoms with van der Waals surface area (Å²) in [4.78, 5) is 25.8. The van der Waals surface area contributed by atoms with Gasteiger partial charge in [0.05, 0.1) is 20.3 Å². The van der Waals surface area contributed by atoms with E-state index in [0.717, 1.165) is 24.0 Å². The number of carbonyl (C=O) groups is 1. The number of aromatic nitrogens is 5. The lowest BCUT2D eigenvalue weighted by atomic mass is 10.1. The number of carbonyl (C=O) groups excluding carboxylic acids is 1. The highest BCUT2D eigenvalue weighted by atomic mass is 16.5. The maximum atomic E-state index is 12.8. The van der Waals surface area contributed by atoms with E-state index in [-0.39, 0.29) is 17.6 Å². The van der Waals surface area contributed by atoms with Crippen LogP contribution in [0.25, 0.3) is 17.3 Å². The predicted molar refractivity (Wildman–Crippen MR) is 124 cm³/mol. The number of hydrogen-bond acceptors (Lipinski definition) is 8. The number of pyridine rings is 1. The van der Waals surface area contributed by atoms with Gasteiger partial charge in [-0.3, -0.25) is 9.36 Å². The number of hydrogen-bond donors (Lipinski definition) is 1. The molecule has 0 aliphatic carbocycles. The van der Waals surface area contributed by atoms with Crippen LogP contribution >= 0.6 is 0 Å². The van der Waals surface area contributed by atoms with Crippen molar-refractivity contribution in [3.8, 4) is 28.8 Å². The third-order valence-corrected chi connectivity index (χ3v) is 5.27.